The second-order valence-electron chi connectivity index (χ2n) is 5.42. The van der Waals surface area contributed by atoms with Crippen LogP contribution in [0.3, 0.4) is 0 Å². The number of rotatable bonds is 4. The second-order valence-corrected chi connectivity index (χ2v) is 5.83. The second kappa shape index (κ2) is 5.93. The van der Waals surface area contributed by atoms with Crippen molar-refractivity contribution < 1.29 is 0 Å². The standard InChI is InChI=1S/C16H14ClN7/c1-24-9-11(7-19-24)20-16-21-14(12-8-18-23-15(12)22-16)6-10-4-2-3-5-13(10)17/h2-5,7-9H,6H2,1H3,(H2,18,20,21,22,23). The fourth-order valence-corrected chi connectivity index (χ4v) is 2.72. The molecule has 3 aromatic heterocycles. The van der Waals surface area contributed by atoms with Crippen LogP contribution in [0.4, 0.5) is 11.6 Å². The Hall–Kier alpha value is -2.93. The minimum Gasteiger partial charge on any atom is -0.321 e. The van der Waals surface area contributed by atoms with Gasteiger partial charge in [0.2, 0.25) is 5.95 Å². The number of aromatic nitrogens is 6. The van der Waals surface area contributed by atoms with Gasteiger partial charge in [-0.1, -0.05) is 29.8 Å². The van der Waals surface area contributed by atoms with Gasteiger partial charge in [-0.05, 0) is 11.6 Å². The average molecular weight is 340 g/mol. The summed E-state index contributed by atoms with van der Waals surface area (Å²) in [6.45, 7) is 0. The summed E-state index contributed by atoms with van der Waals surface area (Å²) in [6.07, 6.45) is 5.90. The lowest BCUT2D eigenvalue weighted by atomic mass is 10.1. The van der Waals surface area contributed by atoms with Crippen molar-refractivity contribution in [2.45, 2.75) is 6.42 Å². The van der Waals surface area contributed by atoms with Crippen LogP contribution < -0.4 is 5.32 Å². The predicted octanol–water partition coefficient (Wildman–Crippen LogP) is 3.07. The quantitative estimate of drug-likeness (QED) is 0.597. The molecule has 0 aliphatic carbocycles. The third-order valence-corrected chi connectivity index (χ3v) is 4.03. The van der Waals surface area contributed by atoms with Crippen molar-refractivity contribution in [3.8, 4) is 0 Å². The van der Waals surface area contributed by atoms with Gasteiger partial charge in [-0.25, -0.2) is 4.98 Å². The van der Waals surface area contributed by atoms with Gasteiger partial charge >= 0.3 is 0 Å². The molecule has 1 aromatic carbocycles. The Morgan fingerprint density at radius 3 is 2.88 bits per heavy atom. The Balaban J connectivity index is 1.73. The largest absolute Gasteiger partial charge is 0.321 e. The molecule has 0 radical (unpaired) electrons. The first-order valence-corrected chi connectivity index (χ1v) is 7.76. The summed E-state index contributed by atoms with van der Waals surface area (Å²) in [5.41, 5.74) is 3.36. The highest BCUT2D eigenvalue weighted by Gasteiger charge is 2.12. The molecule has 0 spiro atoms. The molecule has 120 valence electrons. The van der Waals surface area contributed by atoms with Crippen molar-refractivity contribution >= 4 is 34.3 Å². The van der Waals surface area contributed by atoms with E-state index in [1.54, 1.807) is 17.1 Å². The van der Waals surface area contributed by atoms with E-state index < -0.39 is 0 Å². The maximum absolute atomic E-state index is 6.28. The maximum atomic E-state index is 6.28. The van der Waals surface area contributed by atoms with Gasteiger partial charge in [-0.2, -0.15) is 15.2 Å². The summed E-state index contributed by atoms with van der Waals surface area (Å²) >= 11 is 6.28. The summed E-state index contributed by atoms with van der Waals surface area (Å²) in [5, 5.41) is 15.9. The minimum atomic E-state index is 0.488. The minimum absolute atomic E-state index is 0.488. The molecule has 0 aliphatic rings. The van der Waals surface area contributed by atoms with Crippen molar-refractivity contribution in [1.82, 2.24) is 29.9 Å². The molecule has 0 bridgehead atoms. The predicted molar refractivity (Wildman–Crippen MR) is 92.4 cm³/mol. The highest BCUT2D eigenvalue weighted by atomic mass is 35.5. The Morgan fingerprint density at radius 1 is 1.21 bits per heavy atom. The van der Waals surface area contributed by atoms with E-state index in [4.69, 9.17) is 11.6 Å². The molecule has 0 fully saturated rings. The lowest BCUT2D eigenvalue weighted by Gasteiger charge is -2.08. The zero-order chi connectivity index (χ0) is 16.5. The zero-order valence-electron chi connectivity index (χ0n) is 12.9. The number of nitrogens with zero attached hydrogens (tertiary/aromatic N) is 5. The van der Waals surface area contributed by atoms with Gasteiger partial charge < -0.3 is 5.32 Å². The molecule has 0 saturated heterocycles. The van der Waals surface area contributed by atoms with Crippen molar-refractivity contribution in [2.75, 3.05) is 5.32 Å². The third kappa shape index (κ3) is 2.81. The van der Waals surface area contributed by atoms with Crippen molar-refractivity contribution in [2.24, 2.45) is 7.05 Å². The Labute approximate surface area is 142 Å². The highest BCUT2D eigenvalue weighted by Crippen LogP contribution is 2.23. The molecule has 0 aliphatic heterocycles. The van der Waals surface area contributed by atoms with E-state index in [0.29, 0.717) is 18.0 Å². The van der Waals surface area contributed by atoms with E-state index >= 15 is 0 Å². The topological polar surface area (TPSA) is 84.3 Å². The number of H-pyrrole nitrogens is 1. The SMILES string of the molecule is Cn1cc(Nc2nc(Cc3ccccc3Cl)c3cn[nH]c3n2)cn1. The fourth-order valence-electron chi connectivity index (χ4n) is 2.52. The van der Waals surface area contributed by atoms with Crippen LogP contribution in [0.1, 0.15) is 11.3 Å². The first-order valence-electron chi connectivity index (χ1n) is 7.38. The molecule has 7 nitrogen and oxygen atoms in total. The fraction of sp³-hybridized carbons (Fsp3) is 0.125. The molecule has 24 heavy (non-hydrogen) atoms. The number of aromatic amines is 1. The number of halogens is 1. The molecule has 3 heterocycles. The maximum Gasteiger partial charge on any atom is 0.229 e. The average Bonchev–Trinajstić information content (AvgIpc) is 3.18. The van der Waals surface area contributed by atoms with Crippen LogP contribution in [0.5, 0.6) is 0 Å². The molecule has 0 saturated carbocycles. The molecule has 4 rings (SSSR count). The zero-order valence-corrected chi connectivity index (χ0v) is 13.6. The molecular formula is C16H14ClN7. The summed E-state index contributed by atoms with van der Waals surface area (Å²) in [5.74, 6) is 0.488. The smallest absolute Gasteiger partial charge is 0.229 e. The van der Waals surface area contributed by atoms with Crippen LogP contribution >= 0.6 is 11.6 Å². The molecule has 0 unspecified atom stereocenters. The van der Waals surface area contributed by atoms with Gasteiger partial charge in [-0.3, -0.25) is 9.78 Å². The van der Waals surface area contributed by atoms with Crippen LogP contribution in [-0.2, 0) is 13.5 Å². The third-order valence-electron chi connectivity index (χ3n) is 3.67. The van der Waals surface area contributed by atoms with Crippen LogP contribution in [0.2, 0.25) is 5.02 Å². The van der Waals surface area contributed by atoms with Gasteiger partial charge in [0.15, 0.2) is 5.65 Å². The van der Waals surface area contributed by atoms with E-state index in [1.807, 2.05) is 37.5 Å². The Bertz CT molecular complexity index is 1000. The number of anilines is 2. The summed E-state index contributed by atoms with van der Waals surface area (Å²) in [7, 11) is 1.85. The lowest BCUT2D eigenvalue weighted by molar-refractivity contribution is 0.768. The molecule has 4 aromatic rings. The van der Waals surface area contributed by atoms with Crippen LogP contribution in [0.15, 0.2) is 42.9 Å². The van der Waals surface area contributed by atoms with Crippen molar-refractivity contribution in [3.63, 3.8) is 0 Å². The van der Waals surface area contributed by atoms with E-state index in [9.17, 15) is 0 Å². The number of aryl methyl sites for hydroxylation is 1. The lowest BCUT2D eigenvalue weighted by Crippen LogP contribution is -2.02. The van der Waals surface area contributed by atoms with E-state index in [-0.39, 0.29) is 0 Å². The Morgan fingerprint density at radius 2 is 2.08 bits per heavy atom. The van der Waals surface area contributed by atoms with Crippen molar-refractivity contribution in [1.29, 1.82) is 0 Å². The normalized spacial score (nSPS) is 11.1. The molecule has 8 heteroatoms. The number of benzene rings is 1. The molecule has 0 atom stereocenters. The van der Waals surface area contributed by atoms with Gasteiger partial charge in [0.25, 0.3) is 0 Å². The van der Waals surface area contributed by atoms with E-state index in [2.05, 4.69) is 30.6 Å². The van der Waals surface area contributed by atoms with Crippen LogP contribution in [-0.4, -0.2) is 29.9 Å². The summed E-state index contributed by atoms with van der Waals surface area (Å²) in [6, 6.07) is 7.74. The van der Waals surface area contributed by atoms with E-state index in [0.717, 1.165) is 27.4 Å². The van der Waals surface area contributed by atoms with Gasteiger partial charge in [0.05, 0.1) is 29.2 Å². The summed E-state index contributed by atoms with van der Waals surface area (Å²) < 4.78 is 1.71. The van der Waals surface area contributed by atoms with Crippen molar-refractivity contribution in [3.05, 3.63) is 59.1 Å². The first kappa shape index (κ1) is 14.6. The van der Waals surface area contributed by atoms with Gasteiger partial charge in [0.1, 0.15) is 0 Å². The molecule has 2 N–H and O–H groups in total. The van der Waals surface area contributed by atoms with E-state index in [1.165, 1.54) is 0 Å². The number of fused-ring (bicyclic) bond motifs is 1. The monoisotopic (exact) mass is 339 g/mol. The Kier molecular flexibility index (Phi) is 3.62. The van der Waals surface area contributed by atoms with Gasteiger partial charge in [0, 0.05) is 24.7 Å². The van der Waals surface area contributed by atoms with Gasteiger partial charge in [-0.15, -0.1) is 0 Å². The van der Waals surface area contributed by atoms with Crippen LogP contribution in [0, 0.1) is 0 Å². The molecular weight excluding hydrogens is 326 g/mol. The first-order chi connectivity index (χ1) is 11.7. The number of hydrogen-bond acceptors (Lipinski definition) is 5. The molecule has 0 amide bonds. The summed E-state index contributed by atoms with van der Waals surface area (Å²) in [4.78, 5) is 9.09. The number of nitrogens with one attached hydrogen (secondary N) is 2. The highest BCUT2D eigenvalue weighted by molar-refractivity contribution is 6.31. The van der Waals surface area contributed by atoms with Crippen LogP contribution in [0.25, 0.3) is 11.0 Å². The number of hydrogen-bond donors (Lipinski definition) is 2.